The molecule has 6 heterocycles. The van der Waals surface area contributed by atoms with E-state index >= 15 is 0 Å². The van der Waals surface area contributed by atoms with Crippen LogP contribution in [0.4, 0.5) is 23.0 Å². The Balaban J connectivity index is 0.000000178. The number of hydrogen-bond donors (Lipinski definition) is 3. The molecule has 12 nitrogen and oxygen atoms in total. The molecule has 0 aliphatic carbocycles. The quantitative estimate of drug-likeness (QED) is 0.275. The maximum Gasteiger partial charge on any atom is 0.290 e. The molecule has 14 heteroatoms. The SMILES string of the molecule is CN1CCC(c2ccc(Nc3cc(Cl)nn(C)c3=O)nc2)CC1.Cn1nc(Cl)cc(Nc2ccc(C3CCNCC3)cn2)c1=O. The third-order valence-corrected chi connectivity index (χ3v) is 8.53. The normalized spacial score (nSPS) is 16.1. The standard InChI is InChI=1S/C16H20ClN5O.C15H18ClN5O/c1-21-7-5-11(6-8-21)12-3-4-15(18-10-12)19-13-9-14(17)20-22(2)16(13)23;1-21-15(22)12(8-13(16)20-21)19-14-3-2-11(9-18-14)10-4-6-17-7-5-10/h3-4,9-11H,5-8H2,1-2H3,(H,18,19);2-3,8-10,17H,4-7H2,1H3,(H,18,19). The summed E-state index contributed by atoms with van der Waals surface area (Å²) in [7, 11) is 5.28. The zero-order valence-corrected chi connectivity index (χ0v) is 27.1. The van der Waals surface area contributed by atoms with E-state index in [9.17, 15) is 9.59 Å². The molecule has 45 heavy (non-hydrogen) atoms. The first-order valence-corrected chi connectivity index (χ1v) is 15.7. The van der Waals surface area contributed by atoms with Crippen molar-refractivity contribution >= 4 is 46.2 Å². The van der Waals surface area contributed by atoms with E-state index in [0.29, 0.717) is 34.8 Å². The minimum Gasteiger partial charge on any atom is -0.336 e. The molecule has 0 amide bonds. The molecule has 238 valence electrons. The Labute approximate surface area is 271 Å². The van der Waals surface area contributed by atoms with Crippen molar-refractivity contribution in [1.82, 2.24) is 39.7 Å². The summed E-state index contributed by atoms with van der Waals surface area (Å²) in [5.74, 6) is 2.38. The zero-order chi connectivity index (χ0) is 31.9. The monoisotopic (exact) mass is 652 g/mol. The fourth-order valence-electron chi connectivity index (χ4n) is 5.54. The number of rotatable bonds is 6. The number of piperidine rings is 2. The molecule has 2 fully saturated rings. The Bertz CT molecular complexity index is 1700. The highest BCUT2D eigenvalue weighted by molar-refractivity contribution is 6.29. The van der Waals surface area contributed by atoms with Crippen molar-refractivity contribution in [2.24, 2.45) is 14.1 Å². The number of nitrogens with one attached hydrogen (secondary N) is 3. The van der Waals surface area contributed by atoms with Crippen molar-refractivity contribution in [3.8, 4) is 0 Å². The molecule has 2 aliphatic rings. The molecule has 0 bridgehead atoms. The topological polar surface area (TPSA) is 135 Å². The number of hydrogen-bond acceptors (Lipinski definition) is 10. The van der Waals surface area contributed by atoms with E-state index in [4.69, 9.17) is 23.2 Å². The second kappa shape index (κ2) is 15.0. The summed E-state index contributed by atoms with van der Waals surface area (Å²) in [6.45, 7) is 4.35. The summed E-state index contributed by atoms with van der Waals surface area (Å²) in [6.07, 6.45) is 8.36. The number of anilines is 4. The van der Waals surface area contributed by atoms with Gasteiger partial charge >= 0.3 is 0 Å². The summed E-state index contributed by atoms with van der Waals surface area (Å²) in [4.78, 5) is 35.2. The van der Waals surface area contributed by atoms with Gasteiger partial charge in [-0.15, -0.1) is 0 Å². The highest BCUT2D eigenvalue weighted by atomic mass is 35.5. The van der Waals surface area contributed by atoms with E-state index in [1.165, 1.54) is 32.6 Å². The van der Waals surface area contributed by atoms with Gasteiger partial charge in [0.05, 0.1) is 0 Å². The maximum atomic E-state index is 12.0. The van der Waals surface area contributed by atoms with E-state index in [1.54, 1.807) is 14.1 Å². The maximum absolute atomic E-state index is 12.0. The van der Waals surface area contributed by atoms with Crippen LogP contribution in [0.5, 0.6) is 0 Å². The minimum atomic E-state index is -0.242. The Kier molecular flexibility index (Phi) is 10.8. The lowest BCUT2D eigenvalue weighted by molar-refractivity contribution is 0.255. The second-order valence-electron chi connectivity index (χ2n) is 11.4. The van der Waals surface area contributed by atoms with Crippen LogP contribution in [-0.2, 0) is 14.1 Å². The highest BCUT2D eigenvalue weighted by Gasteiger charge is 2.19. The molecule has 0 spiro atoms. The van der Waals surface area contributed by atoms with E-state index in [1.807, 2.05) is 24.5 Å². The molecule has 3 N–H and O–H groups in total. The van der Waals surface area contributed by atoms with Gasteiger partial charge in [0, 0.05) is 38.6 Å². The predicted octanol–water partition coefficient (Wildman–Crippen LogP) is 4.42. The lowest BCUT2D eigenvalue weighted by atomic mass is 9.91. The Morgan fingerprint density at radius 3 is 1.58 bits per heavy atom. The third-order valence-electron chi connectivity index (χ3n) is 8.17. The molecule has 4 aromatic rings. The van der Waals surface area contributed by atoms with Gasteiger partial charge in [-0.2, -0.15) is 10.2 Å². The van der Waals surface area contributed by atoms with Crippen molar-refractivity contribution in [3.63, 3.8) is 0 Å². The molecule has 6 rings (SSSR count). The molecule has 0 aromatic carbocycles. The van der Waals surface area contributed by atoms with Crippen LogP contribution in [-0.4, -0.2) is 67.7 Å². The van der Waals surface area contributed by atoms with Crippen molar-refractivity contribution in [2.45, 2.75) is 37.5 Å². The van der Waals surface area contributed by atoms with Gasteiger partial charge in [0.15, 0.2) is 10.3 Å². The van der Waals surface area contributed by atoms with Crippen LogP contribution in [0, 0.1) is 0 Å². The van der Waals surface area contributed by atoms with Gasteiger partial charge in [0.25, 0.3) is 11.1 Å². The Morgan fingerprint density at radius 1 is 0.711 bits per heavy atom. The summed E-state index contributed by atoms with van der Waals surface area (Å²) >= 11 is 11.8. The van der Waals surface area contributed by atoms with Gasteiger partial charge in [-0.3, -0.25) is 9.59 Å². The van der Waals surface area contributed by atoms with Gasteiger partial charge in [-0.25, -0.2) is 19.3 Å². The van der Waals surface area contributed by atoms with Crippen LogP contribution in [0.15, 0.2) is 58.4 Å². The second-order valence-corrected chi connectivity index (χ2v) is 12.2. The first-order valence-electron chi connectivity index (χ1n) is 15.0. The highest BCUT2D eigenvalue weighted by Crippen LogP contribution is 2.28. The number of aryl methyl sites for hydroxylation is 2. The average Bonchev–Trinajstić information content (AvgIpc) is 3.04. The summed E-state index contributed by atoms with van der Waals surface area (Å²) in [6, 6.07) is 11.0. The van der Waals surface area contributed by atoms with Crippen molar-refractivity contribution in [1.29, 1.82) is 0 Å². The van der Waals surface area contributed by atoms with E-state index in [2.05, 4.69) is 60.2 Å². The number of aromatic nitrogens is 6. The van der Waals surface area contributed by atoms with Crippen LogP contribution in [0.1, 0.15) is 48.6 Å². The van der Waals surface area contributed by atoms with E-state index < -0.39 is 0 Å². The predicted molar refractivity (Wildman–Crippen MR) is 178 cm³/mol. The zero-order valence-electron chi connectivity index (χ0n) is 25.6. The Hall–Kier alpha value is -3.84. The van der Waals surface area contributed by atoms with Crippen molar-refractivity contribution < 1.29 is 0 Å². The van der Waals surface area contributed by atoms with Gasteiger partial charge in [0.1, 0.15) is 23.0 Å². The smallest absolute Gasteiger partial charge is 0.290 e. The lowest BCUT2D eigenvalue weighted by Gasteiger charge is -2.29. The molecule has 0 unspecified atom stereocenters. The van der Waals surface area contributed by atoms with Gasteiger partial charge in [0.2, 0.25) is 0 Å². The molecule has 4 aromatic heterocycles. The lowest BCUT2D eigenvalue weighted by Crippen LogP contribution is -2.29. The van der Waals surface area contributed by atoms with E-state index in [0.717, 1.165) is 51.9 Å². The first kappa shape index (κ1) is 32.6. The summed E-state index contributed by atoms with van der Waals surface area (Å²) < 4.78 is 2.41. The van der Waals surface area contributed by atoms with Crippen molar-refractivity contribution in [2.75, 3.05) is 43.9 Å². The average molecular weight is 654 g/mol. The molecule has 0 atom stereocenters. The van der Waals surface area contributed by atoms with Gasteiger partial charge in [-0.05, 0) is 94.0 Å². The fourth-order valence-corrected chi connectivity index (χ4v) is 5.98. The molecule has 0 radical (unpaired) electrons. The van der Waals surface area contributed by atoms with Gasteiger partial charge in [-0.1, -0.05) is 35.3 Å². The molecule has 2 saturated heterocycles. The minimum absolute atomic E-state index is 0.240. The summed E-state index contributed by atoms with van der Waals surface area (Å²) in [5, 5.41) is 17.6. The number of nitrogens with zero attached hydrogens (tertiary/aromatic N) is 7. The molecule has 2 aliphatic heterocycles. The van der Waals surface area contributed by atoms with Crippen LogP contribution in [0.25, 0.3) is 0 Å². The van der Waals surface area contributed by atoms with Crippen LogP contribution < -0.4 is 27.1 Å². The third kappa shape index (κ3) is 8.66. The van der Waals surface area contributed by atoms with Gasteiger partial charge < -0.3 is 20.9 Å². The van der Waals surface area contributed by atoms with Crippen LogP contribution >= 0.6 is 23.2 Å². The largest absolute Gasteiger partial charge is 0.336 e. The number of likely N-dealkylation sites (tertiary alicyclic amines) is 1. The number of halogens is 2. The Morgan fingerprint density at radius 2 is 1.16 bits per heavy atom. The molecule has 0 saturated carbocycles. The first-order chi connectivity index (χ1) is 21.7. The van der Waals surface area contributed by atoms with E-state index in [-0.39, 0.29) is 21.4 Å². The molecular weight excluding hydrogens is 615 g/mol. The summed E-state index contributed by atoms with van der Waals surface area (Å²) in [5.41, 5.74) is 2.75. The fraction of sp³-hybridized carbons (Fsp3) is 0.419. The van der Waals surface area contributed by atoms with Crippen molar-refractivity contribution in [3.05, 3.63) is 90.9 Å². The van der Waals surface area contributed by atoms with Crippen LogP contribution in [0.3, 0.4) is 0 Å². The molecular formula is C31H38Cl2N10O2. The number of pyridine rings is 2. The van der Waals surface area contributed by atoms with Crippen LogP contribution in [0.2, 0.25) is 10.3 Å².